The maximum Gasteiger partial charge on any atom is 0.207 e. The second-order valence-electron chi connectivity index (χ2n) is 6.32. The quantitative estimate of drug-likeness (QED) is 0.711. The summed E-state index contributed by atoms with van der Waals surface area (Å²) < 4.78 is 1.76. The molecule has 1 atom stereocenters. The lowest BCUT2D eigenvalue weighted by Gasteiger charge is -2.17. The second-order valence-corrected chi connectivity index (χ2v) is 6.32. The van der Waals surface area contributed by atoms with Crippen LogP contribution in [0.1, 0.15) is 18.1 Å². The Morgan fingerprint density at radius 3 is 2.57 bits per heavy atom. The van der Waals surface area contributed by atoms with Gasteiger partial charge < -0.3 is 5.11 Å². The Bertz CT molecular complexity index is 799. The van der Waals surface area contributed by atoms with Crippen molar-refractivity contribution in [3.63, 3.8) is 0 Å². The summed E-state index contributed by atoms with van der Waals surface area (Å²) in [5.74, 6) is -0.187. The molecule has 4 nitrogen and oxygen atoms in total. The molecule has 0 fully saturated rings. The van der Waals surface area contributed by atoms with Crippen molar-refractivity contribution in [2.45, 2.75) is 32.4 Å². The lowest BCUT2D eigenvalue weighted by molar-refractivity contribution is -0.756. The number of rotatable bonds is 5. The van der Waals surface area contributed by atoms with Crippen molar-refractivity contribution in [2.24, 2.45) is 0 Å². The first-order valence-corrected chi connectivity index (χ1v) is 7.72. The van der Waals surface area contributed by atoms with Gasteiger partial charge in [-0.05, 0) is 31.5 Å². The van der Waals surface area contributed by atoms with E-state index in [4.69, 9.17) is 0 Å². The Morgan fingerprint density at radius 2 is 1.87 bits per heavy atom. The molecule has 4 heteroatoms. The number of carbonyl (C=O) groups is 1. The van der Waals surface area contributed by atoms with Crippen molar-refractivity contribution in [1.82, 2.24) is 5.10 Å². The number of nitrogens with one attached hydrogen (secondary N) is 1. The topological polar surface area (TPSA) is 57.0 Å². The van der Waals surface area contributed by atoms with Crippen LogP contribution in [0.25, 0.3) is 10.9 Å². The molecular weight excluding hydrogens is 288 g/mol. The van der Waals surface area contributed by atoms with Gasteiger partial charge in [-0.3, -0.25) is 4.79 Å². The van der Waals surface area contributed by atoms with Gasteiger partial charge >= 0.3 is 0 Å². The van der Waals surface area contributed by atoms with E-state index in [0.717, 1.165) is 22.0 Å². The minimum atomic E-state index is -1.42. The summed E-state index contributed by atoms with van der Waals surface area (Å²) in [6.07, 6.45) is 2.14. The largest absolute Gasteiger partial charge is 0.376 e. The van der Waals surface area contributed by atoms with Crippen LogP contribution in [0.15, 0.2) is 54.7 Å². The predicted octanol–water partition coefficient (Wildman–Crippen LogP) is 2.33. The molecule has 0 radical (unpaired) electrons. The second kappa shape index (κ2) is 5.97. The van der Waals surface area contributed by atoms with E-state index in [-0.39, 0.29) is 18.7 Å². The molecule has 3 rings (SSSR count). The average molecular weight is 309 g/mol. The van der Waals surface area contributed by atoms with Crippen molar-refractivity contribution < 1.29 is 14.6 Å². The van der Waals surface area contributed by atoms with E-state index in [9.17, 15) is 9.90 Å². The summed E-state index contributed by atoms with van der Waals surface area (Å²) in [6.45, 7) is 3.78. The zero-order chi connectivity index (χ0) is 16.4. The van der Waals surface area contributed by atoms with Gasteiger partial charge in [0.05, 0.1) is 5.39 Å². The van der Waals surface area contributed by atoms with E-state index in [2.05, 4.69) is 5.10 Å². The van der Waals surface area contributed by atoms with Gasteiger partial charge in [-0.1, -0.05) is 42.0 Å². The smallest absolute Gasteiger partial charge is 0.207 e. The zero-order valence-electron chi connectivity index (χ0n) is 13.4. The first-order valence-electron chi connectivity index (χ1n) is 7.72. The molecule has 0 spiro atoms. The van der Waals surface area contributed by atoms with Gasteiger partial charge in [0.1, 0.15) is 5.52 Å². The van der Waals surface area contributed by atoms with Crippen molar-refractivity contribution in [3.8, 4) is 0 Å². The van der Waals surface area contributed by atoms with E-state index < -0.39 is 5.60 Å². The third-order valence-electron chi connectivity index (χ3n) is 4.08. The minimum absolute atomic E-state index is 0.187. The molecule has 118 valence electrons. The van der Waals surface area contributed by atoms with Crippen LogP contribution in [-0.2, 0) is 17.8 Å². The highest BCUT2D eigenvalue weighted by molar-refractivity contribution is 5.88. The SMILES string of the molecule is Cc1ccc(CC(=O)[C@@](C)(O)C[n+]2cc3ccccc3[nH]2)cc1. The number of Topliss-reactive ketones (excluding diaryl/α,β-unsaturated/α-hetero) is 1. The van der Waals surface area contributed by atoms with Gasteiger partial charge in [-0.15, -0.1) is 4.68 Å². The molecule has 0 aliphatic rings. The fourth-order valence-corrected chi connectivity index (χ4v) is 2.65. The van der Waals surface area contributed by atoms with Crippen LogP contribution in [0.3, 0.4) is 0 Å². The molecule has 0 saturated heterocycles. The first-order chi connectivity index (χ1) is 10.9. The van der Waals surface area contributed by atoms with Gasteiger partial charge in [0, 0.05) is 6.42 Å². The molecule has 0 saturated carbocycles. The summed E-state index contributed by atoms with van der Waals surface area (Å²) in [5.41, 5.74) is 1.63. The van der Waals surface area contributed by atoms with Crippen LogP contribution in [0.5, 0.6) is 0 Å². The highest BCUT2D eigenvalue weighted by Crippen LogP contribution is 2.13. The molecule has 0 bridgehead atoms. The lowest BCUT2D eigenvalue weighted by atomic mass is 9.95. The van der Waals surface area contributed by atoms with Gasteiger partial charge in [0.15, 0.2) is 11.4 Å². The number of aromatic nitrogens is 2. The number of H-pyrrole nitrogens is 1. The Kier molecular flexibility index (Phi) is 4.01. The van der Waals surface area contributed by atoms with Crippen molar-refractivity contribution in [3.05, 3.63) is 65.9 Å². The summed E-state index contributed by atoms with van der Waals surface area (Å²) in [5, 5.41) is 14.8. The monoisotopic (exact) mass is 309 g/mol. The summed E-state index contributed by atoms with van der Waals surface area (Å²) in [6, 6.07) is 15.7. The van der Waals surface area contributed by atoms with Gasteiger partial charge in [0.2, 0.25) is 12.7 Å². The molecule has 2 N–H and O–H groups in total. The number of aliphatic hydroxyl groups is 1. The average Bonchev–Trinajstić information content (AvgIpc) is 2.90. The number of aryl methyl sites for hydroxylation is 1. The van der Waals surface area contributed by atoms with E-state index >= 15 is 0 Å². The fraction of sp³-hybridized carbons (Fsp3) is 0.263. The van der Waals surface area contributed by atoms with Gasteiger partial charge in [-0.25, -0.2) is 0 Å². The number of benzene rings is 2. The lowest BCUT2D eigenvalue weighted by Crippen LogP contribution is -2.52. The molecule has 1 aromatic heterocycles. The standard InChI is InChI=1S/C19H20N2O2/c1-14-7-9-15(10-8-14)11-18(22)19(2,23)13-21-12-16-5-3-4-6-17(16)20-21/h3-10,12,23H,11,13H2,1-2H3/p+1/t19-/m0/s1. The molecule has 0 amide bonds. The number of nitrogens with zero attached hydrogens (tertiary/aromatic N) is 1. The number of hydrogen-bond donors (Lipinski definition) is 2. The van der Waals surface area contributed by atoms with Crippen molar-refractivity contribution >= 4 is 16.7 Å². The third kappa shape index (κ3) is 3.48. The molecular formula is C19H21N2O2+. The van der Waals surface area contributed by atoms with Crippen LogP contribution in [0, 0.1) is 6.92 Å². The number of hydrogen-bond acceptors (Lipinski definition) is 2. The maximum atomic E-state index is 12.5. The highest BCUT2D eigenvalue weighted by atomic mass is 16.3. The number of fused-ring (bicyclic) bond motifs is 1. The van der Waals surface area contributed by atoms with Crippen LogP contribution in [0.2, 0.25) is 0 Å². The van der Waals surface area contributed by atoms with Crippen LogP contribution in [0.4, 0.5) is 0 Å². The molecule has 1 heterocycles. The predicted molar refractivity (Wildman–Crippen MR) is 89.0 cm³/mol. The molecule has 0 unspecified atom stereocenters. The minimum Gasteiger partial charge on any atom is -0.376 e. The highest BCUT2D eigenvalue weighted by Gasteiger charge is 2.35. The van der Waals surface area contributed by atoms with Crippen molar-refractivity contribution in [2.75, 3.05) is 0 Å². The molecule has 23 heavy (non-hydrogen) atoms. The van der Waals surface area contributed by atoms with Crippen molar-refractivity contribution in [1.29, 1.82) is 0 Å². The number of para-hydroxylation sites is 1. The Hall–Kier alpha value is -2.46. The van der Waals surface area contributed by atoms with Crippen LogP contribution < -0.4 is 4.68 Å². The summed E-state index contributed by atoms with van der Waals surface area (Å²) in [4.78, 5) is 12.5. The summed E-state index contributed by atoms with van der Waals surface area (Å²) in [7, 11) is 0. The van der Waals surface area contributed by atoms with Gasteiger partial charge in [-0.2, -0.15) is 5.10 Å². The van der Waals surface area contributed by atoms with E-state index in [0.29, 0.717) is 0 Å². The van der Waals surface area contributed by atoms with E-state index in [1.807, 2.05) is 61.7 Å². The third-order valence-corrected chi connectivity index (χ3v) is 4.08. The normalized spacial score (nSPS) is 13.9. The van der Waals surface area contributed by atoms with Crippen LogP contribution >= 0.6 is 0 Å². The molecule has 0 aliphatic carbocycles. The van der Waals surface area contributed by atoms with Crippen LogP contribution in [-0.4, -0.2) is 21.6 Å². The number of ketones is 1. The Labute approximate surface area is 135 Å². The Morgan fingerprint density at radius 1 is 1.17 bits per heavy atom. The fourth-order valence-electron chi connectivity index (χ4n) is 2.65. The zero-order valence-corrected chi connectivity index (χ0v) is 13.4. The summed E-state index contributed by atoms with van der Waals surface area (Å²) >= 11 is 0. The number of aromatic amines is 1. The van der Waals surface area contributed by atoms with E-state index in [1.54, 1.807) is 11.6 Å². The molecule has 0 aliphatic heterocycles. The first kappa shape index (κ1) is 15.4. The van der Waals surface area contributed by atoms with E-state index in [1.165, 1.54) is 0 Å². The molecule has 2 aromatic carbocycles. The Balaban J connectivity index is 1.74. The number of carbonyl (C=O) groups excluding carboxylic acids is 1. The molecule has 3 aromatic rings. The maximum absolute atomic E-state index is 12.5. The van der Waals surface area contributed by atoms with Gasteiger partial charge in [0.25, 0.3) is 0 Å².